The van der Waals surface area contributed by atoms with Gasteiger partial charge in [0, 0.05) is 5.56 Å². The van der Waals surface area contributed by atoms with Crippen molar-refractivity contribution in [3.63, 3.8) is 0 Å². The number of rotatable bonds is 3. The fourth-order valence-corrected chi connectivity index (χ4v) is 1.90. The summed E-state index contributed by atoms with van der Waals surface area (Å²) in [5.41, 5.74) is 0.942. The second kappa shape index (κ2) is 4.61. The zero-order chi connectivity index (χ0) is 14.1. The van der Waals surface area contributed by atoms with Crippen LogP contribution in [0.15, 0.2) is 46.0 Å². The highest BCUT2D eigenvalue weighted by Gasteiger charge is 2.16. The Balaban J connectivity index is 2.18. The first-order valence-corrected chi connectivity index (χ1v) is 5.79. The SMILES string of the molecule is O=C(O)Cn1cnc2c(-c3ccccc3)noc2c1=O. The lowest BCUT2D eigenvalue weighted by Crippen LogP contribution is -2.23. The zero-order valence-corrected chi connectivity index (χ0v) is 10.2. The van der Waals surface area contributed by atoms with Crippen LogP contribution < -0.4 is 5.56 Å². The maximum absolute atomic E-state index is 12.0. The van der Waals surface area contributed by atoms with Gasteiger partial charge in [0.1, 0.15) is 17.8 Å². The predicted octanol–water partition coefficient (Wildman–Crippen LogP) is 1.14. The summed E-state index contributed by atoms with van der Waals surface area (Å²) in [5, 5.41) is 12.6. The highest BCUT2D eigenvalue weighted by Crippen LogP contribution is 2.23. The number of hydrogen-bond acceptors (Lipinski definition) is 5. The van der Waals surface area contributed by atoms with Crippen LogP contribution in [-0.4, -0.2) is 25.8 Å². The first kappa shape index (κ1) is 12.1. The molecule has 0 saturated heterocycles. The molecule has 0 spiro atoms. The molecule has 3 rings (SSSR count). The van der Waals surface area contributed by atoms with E-state index in [9.17, 15) is 9.59 Å². The van der Waals surface area contributed by atoms with Gasteiger partial charge in [0.2, 0.25) is 0 Å². The van der Waals surface area contributed by atoms with Crippen LogP contribution in [0.1, 0.15) is 0 Å². The van der Waals surface area contributed by atoms with E-state index in [1.54, 1.807) is 0 Å². The van der Waals surface area contributed by atoms with Crippen LogP contribution in [0.3, 0.4) is 0 Å². The summed E-state index contributed by atoms with van der Waals surface area (Å²) in [6.45, 7) is -0.469. The quantitative estimate of drug-likeness (QED) is 0.766. The molecule has 0 saturated carbocycles. The van der Waals surface area contributed by atoms with Gasteiger partial charge in [0.15, 0.2) is 0 Å². The number of fused-ring (bicyclic) bond motifs is 1. The number of aromatic nitrogens is 3. The summed E-state index contributed by atoms with van der Waals surface area (Å²) in [6.07, 6.45) is 1.18. The molecule has 20 heavy (non-hydrogen) atoms. The molecule has 7 heteroatoms. The Morgan fingerprint density at radius 2 is 2.05 bits per heavy atom. The summed E-state index contributed by atoms with van der Waals surface area (Å²) < 4.78 is 5.98. The number of carboxylic acids is 1. The minimum atomic E-state index is -1.13. The average Bonchev–Trinajstić information content (AvgIpc) is 2.87. The first-order valence-electron chi connectivity index (χ1n) is 5.79. The van der Waals surface area contributed by atoms with E-state index in [2.05, 4.69) is 10.1 Å². The molecule has 0 radical (unpaired) electrons. The molecule has 0 bridgehead atoms. The van der Waals surface area contributed by atoms with E-state index in [-0.39, 0.29) is 5.58 Å². The molecule has 0 aliphatic rings. The summed E-state index contributed by atoms with van der Waals surface area (Å²) in [4.78, 5) is 26.8. The van der Waals surface area contributed by atoms with Gasteiger partial charge in [-0.05, 0) is 0 Å². The lowest BCUT2D eigenvalue weighted by atomic mass is 10.1. The van der Waals surface area contributed by atoms with Crippen molar-refractivity contribution < 1.29 is 14.4 Å². The lowest BCUT2D eigenvalue weighted by Gasteiger charge is -2.00. The molecule has 0 aliphatic carbocycles. The fraction of sp³-hybridized carbons (Fsp3) is 0.0769. The van der Waals surface area contributed by atoms with E-state index in [1.807, 2.05) is 30.3 Å². The van der Waals surface area contributed by atoms with Gasteiger partial charge in [0.25, 0.3) is 11.1 Å². The average molecular weight is 271 g/mol. The van der Waals surface area contributed by atoms with E-state index >= 15 is 0 Å². The molecule has 1 aromatic carbocycles. The van der Waals surface area contributed by atoms with Crippen LogP contribution >= 0.6 is 0 Å². The topological polar surface area (TPSA) is 98.2 Å². The third kappa shape index (κ3) is 1.95. The third-order valence-corrected chi connectivity index (χ3v) is 2.80. The van der Waals surface area contributed by atoms with Crippen molar-refractivity contribution in [2.45, 2.75) is 6.54 Å². The van der Waals surface area contributed by atoms with Crippen LogP contribution in [0, 0.1) is 0 Å². The van der Waals surface area contributed by atoms with Crippen molar-refractivity contribution in [3.8, 4) is 11.3 Å². The van der Waals surface area contributed by atoms with Crippen molar-refractivity contribution in [2.75, 3.05) is 0 Å². The molecule has 100 valence electrons. The van der Waals surface area contributed by atoms with Gasteiger partial charge in [-0.2, -0.15) is 0 Å². The number of nitrogens with zero attached hydrogens (tertiary/aromatic N) is 3. The second-order valence-corrected chi connectivity index (χ2v) is 4.15. The van der Waals surface area contributed by atoms with Gasteiger partial charge in [-0.25, -0.2) is 4.98 Å². The number of hydrogen-bond donors (Lipinski definition) is 1. The van der Waals surface area contributed by atoms with E-state index in [1.165, 1.54) is 6.33 Å². The standard InChI is InChI=1S/C13H9N3O4/c17-9(18)6-16-7-14-11-10(8-4-2-1-3-5-8)15-20-12(11)13(16)19/h1-5,7H,6H2,(H,17,18). The summed E-state index contributed by atoms with van der Waals surface area (Å²) in [5.74, 6) is -1.13. The Kier molecular flexibility index (Phi) is 2.79. The predicted molar refractivity (Wildman–Crippen MR) is 69.1 cm³/mol. The van der Waals surface area contributed by atoms with E-state index in [0.717, 1.165) is 10.1 Å². The molecule has 1 N–H and O–H groups in total. The van der Waals surface area contributed by atoms with Gasteiger partial charge < -0.3 is 9.63 Å². The number of carbonyl (C=O) groups is 1. The van der Waals surface area contributed by atoms with Crippen LogP contribution in [0.2, 0.25) is 0 Å². The minimum absolute atomic E-state index is 0.0485. The van der Waals surface area contributed by atoms with Crippen molar-refractivity contribution in [3.05, 3.63) is 47.0 Å². The third-order valence-electron chi connectivity index (χ3n) is 2.80. The Labute approximate surface area is 112 Å². The van der Waals surface area contributed by atoms with E-state index in [4.69, 9.17) is 9.63 Å². The molecule has 3 aromatic rings. The minimum Gasteiger partial charge on any atom is -0.480 e. The van der Waals surface area contributed by atoms with Gasteiger partial charge in [-0.1, -0.05) is 35.5 Å². The molecule has 0 fully saturated rings. The Hall–Kier alpha value is -2.96. The maximum atomic E-state index is 12.0. The summed E-state index contributed by atoms with van der Waals surface area (Å²) >= 11 is 0. The largest absolute Gasteiger partial charge is 0.480 e. The molecule has 0 atom stereocenters. The smallest absolute Gasteiger partial charge is 0.323 e. The van der Waals surface area contributed by atoms with E-state index < -0.39 is 18.1 Å². The number of aliphatic carboxylic acids is 1. The Morgan fingerprint density at radius 3 is 2.75 bits per heavy atom. The molecule has 2 heterocycles. The lowest BCUT2D eigenvalue weighted by molar-refractivity contribution is -0.137. The van der Waals surface area contributed by atoms with Gasteiger partial charge in [-0.15, -0.1) is 0 Å². The summed E-state index contributed by atoms with van der Waals surface area (Å²) in [7, 11) is 0. The van der Waals surface area contributed by atoms with Crippen molar-refractivity contribution in [2.24, 2.45) is 0 Å². The van der Waals surface area contributed by atoms with Crippen LogP contribution in [0.5, 0.6) is 0 Å². The Bertz CT molecular complexity index is 836. The molecule has 2 aromatic heterocycles. The maximum Gasteiger partial charge on any atom is 0.323 e. The van der Waals surface area contributed by atoms with Crippen LogP contribution in [0.25, 0.3) is 22.4 Å². The molecular weight excluding hydrogens is 262 g/mol. The zero-order valence-electron chi connectivity index (χ0n) is 10.2. The number of benzene rings is 1. The van der Waals surface area contributed by atoms with Crippen molar-refractivity contribution >= 4 is 17.1 Å². The highest BCUT2D eigenvalue weighted by atomic mass is 16.5. The van der Waals surface area contributed by atoms with Crippen LogP contribution in [-0.2, 0) is 11.3 Å². The fourth-order valence-electron chi connectivity index (χ4n) is 1.90. The molecule has 0 unspecified atom stereocenters. The Morgan fingerprint density at radius 1 is 1.30 bits per heavy atom. The highest BCUT2D eigenvalue weighted by molar-refractivity contribution is 5.87. The van der Waals surface area contributed by atoms with Gasteiger partial charge >= 0.3 is 5.97 Å². The molecule has 7 nitrogen and oxygen atoms in total. The summed E-state index contributed by atoms with van der Waals surface area (Å²) in [6, 6.07) is 9.17. The van der Waals surface area contributed by atoms with Crippen LogP contribution in [0.4, 0.5) is 0 Å². The molecular formula is C13H9N3O4. The molecule has 0 amide bonds. The van der Waals surface area contributed by atoms with Crippen molar-refractivity contribution in [1.29, 1.82) is 0 Å². The van der Waals surface area contributed by atoms with Crippen molar-refractivity contribution in [1.82, 2.24) is 14.7 Å². The monoisotopic (exact) mass is 271 g/mol. The van der Waals surface area contributed by atoms with Gasteiger partial charge in [-0.3, -0.25) is 14.2 Å². The van der Waals surface area contributed by atoms with Gasteiger partial charge in [0.05, 0.1) is 6.33 Å². The number of carboxylic acid groups (broad SMARTS) is 1. The molecule has 0 aliphatic heterocycles. The second-order valence-electron chi connectivity index (χ2n) is 4.15. The van der Waals surface area contributed by atoms with E-state index in [0.29, 0.717) is 11.2 Å². The first-order chi connectivity index (χ1) is 9.66. The normalized spacial score (nSPS) is 10.8.